The molecule has 2 aromatic rings. The molecule has 1 aliphatic rings. The van der Waals surface area contributed by atoms with Gasteiger partial charge in [-0.25, -0.2) is 13.8 Å². The summed E-state index contributed by atoms with van der Waals surface area (Å²) >= 11 is 0. The summed E-state index contributed by atoms with van der Waals surface area (Å²) in [5.74, 6) is 0.149. The number of nitrogens with one attached hydrogen (secondary N) is 1. The van der Waals surface area contributed by atoms with E-state index in [2.05, 4.69) is 10.3 Å². The first-order valence-corrected chi connectivity index (χ1v) is 6.93. The number of pyridine rings is 1. The second-order valence-electron chi connectivity index (χ2n) is 5.28. The Morgan fingerprint density at radius 3 is 2.76 bits per heavy atom. The Bertz CT molecular complexity index is 657. The molecule has 0 saturated heterocycles. The molecule has 0 spiro atoms. The van der Waals surface area contributed by atoms with Crippen LogP contribution in [0.25, 0.3) is 0 Å². The highest BCUT2D eigenvalue weighted by molar-refractivity contribution is 5.38. The number of hydrogen-bond acceptors (Lipinski definition) is 3. The molecule has 3 nitrogen and oxygen atoms in total. The summed E-state index contributed by atoms with van der Waals surface area (Å²) in [4.78, 5) is 4.00. The molecule has 0 atom stereocenters. The highest BCUT2D eigenvalue weighted by atomic mass is 19.1. The fraction of sp³-hybridized carbons (Fsp3) is 0.312. The lowest BCUT2D eigenvalue weighted by Gasteiger charge is -2.12. The summed E-state index contributed by atoms with van der Waals surface area (Å²) in [6.07, 6.45) is 3.42. The van der Waals surface area contributed by atoms with Crippen LogP contribution in [0.3, 0.4) is 0 Å². The molecule has 1 N–H and O–H groups in total. The van der Waals surface area contributed by atoms with Crippen LogP contribution in [0.2, 0.25) is 0 Å². The third kappa shape index (κ3) is 3.55. The fourth-order valence-corrected chi connectivity index (χ4v) is 2.06. The molecule has 0 bridgehead atoms. The van der Waals surface area contributed by atoms with Crippen LogP contribution >= 0.6 is 0 Å². The number of nitrogens with zero attached hydrogens (tertiary/aromatic N) is 1. The van der Waals surface area contributed by atoms with E-state index < -0.39 is 5.82 Å². The first-order chi connectivity index (χ1) is 10.1. The quantitative estimate of drug-likeness (QED) is 0.911. The van der Waals surface area contributed by atoms with Gasteiger partial charge in [0.15, 0.2) is 0 Å². The number of hydrogen-bond donors (Lipinski definition) is 1. The molecule has 0 unspecified atom stereocenters. The predicted octanol–water partition coefficient (Wildman–Crippen LogP) is 3.71. The van der Waals surface area contributed by atoms with Gasteiger partial charge in [0.1, 0.15) is 17.4 Å². The van der Waals surface area contributed by atoms with Crippen LogP contribution in [-0.4, -0.2) is 11.0 Å². The van der Waals surface area contributed by atoms with E-state index in [1.165, 1.54) is 18.2 Å². The Balaban J connectivity index is 1.82. The van der Waals surface area contributed by atoms with Crippen LogP contribution < -0.4 is 10.1 Å². The molecular weight excluding hydrogens is 274 g/mol. The molecule has 1 aromatic carbocycles. The average Bonchev–Trinajstić information content (AvgIpc) is 3.26. The van der Waals surface area contributed by atoms with Gasteiger partial charge in [0.05, 0.1) is 6.20 Å². The van der Waals surface area contributed by atoms with Crippen LogP contribution in [-0.2, 0) is 6.54 Å². The van der Waals surface area contributed by atoms with Crippen molar-refractivity contribution >= 4 is 0 Å². The van der Waals surface area contributed by atoms with Crippen molar-refractivity contribution in [3.63, 3.8) is 0 Å². The van der Waals surface area contributed by atoms with E-state index in [4.69, 9.17) is 4.74 Å². The minimum atomic E-state index is -0.397. The van der Waals surface area contributed by atoms with Crippen LogP contribution in [0.5, 0.6) is 11.6 Å². The summed E-state index contributed by atoms with van der Waals surface area (Å²) in [6.45, 7) is 2.26. The number of rotatable bonds is 5. The standard InChI is InChI=1S/C16H16F2N2O/c1-10-6-12(17)2-5-15(10)21-16-11(7-13(18)9-20-16)8-19-14-3-4-14/h2,5-7,9,14,19H,3-4,8H2,1H3. The molecule has 1 aromatic heterocycles. The van der Waals surface area contributed by atoms with E-state index in [0.29, 0.717) is 35.3 Å². The van der Waals surface area contributed by atoms with Gasteiger partial charge in [-0.15, -0.1) is 0 Å². The van der Waals surface area contributed by atoms with E-state index in [1.807, 2.05) is 0 Å². The van der Waals surface area contributed by atoms with Crippen molar-refractivity contribution in [2.24, 2.45) is 0 Å². The number of ether oxygens (including phenoxy) is 1. The number of aromatic nitrogens is 1. The molecule has 1 fully saturated rings. The second kappa shape index (κ2) is 5.77. The van der Waals surface area contributed by atoms with Crippen molar-refractivity contribution in [1.29, 1.82) is 0 Å². The van der Waals surface area contributed by atoms with Crippen molar-refractivity contribution in [3.05, 3.63) is 53.2 Å². The molecule has 1 aliphatic carbocycles. The Labute approximate surface area is 122 Å². The van der Waals surface area contributed by atoms with Gasteiger partial charge in [-0.3, -0.25) is 0 Å². The summed E-state index contributed by atoms with van der Waals surface area (Å²) in [6, 6.07) is 6.19. The van der Waals surface area contributed by atoms with Crippen molar-refractivity contribution in [2.75, 3.05) is 0 Å². The molecule has 3 rings (SSSR count). The zero-order chi connectivity index (χ0) is 14.8. The molecule has 0 aliphatic heterocycles. The zero-order valence-corrected chi connectivity index (χ0v) is 11.7. The van der Waals surface area contributed by atoms with Gasteiger partial charge in [0.25, 0.3) is 0 Å². The van der Waals surface area contributed by atoms with Gasteiger partial charge in [-0.05, 0) is 49.6 Å². The normalized spacial score (nSPS) is 14.2. The fourth-order valence-electron chi connectivity index (χ4n) is 2.06. The molecule has 21 heavy (non-hydrogen) atoms. The van der Waals surface area contributed by atoms with E-state index >= 15 is 0 Å². The topological polar surface area (TPSA) is 34.1 Å². The van der Waals surface area contributed by atoms with Gasteiger partial charge >= 0.3 is 0 Å². The van der Waals surface area contributed by atoms with Gasteiger partial charge < -0.3 is 10.1 Å². The minimum Gasteiger partial charge on any atom is -0.438 e. The molecule has 0 amide bonds. The van der Waals surface area contributed by atoms with Crippen molar-refractivity contribution in [1.82, 2.24) is 10.3 Å². The predicted molar refractivity (Wildman–Crippen MR) is 75.3 cm³/mol. The SMILES string of the molecule is Cc1cc(F)ccc1Oc1ncc(F)cc1CNC1CC1. The summed E-state index contributed by atoms with van der Waals surface area (Å²) in [5.41, 5.74) is 1.33. The largest absolute Gasteiger partial charge is 0.438 e. The lowest BCUT2D eigenvalue weighted by atomic mass is 10.2. The van der Waals surface area contributed by atoms with Crippen LogP contribution in [0, 0.1) is 18.6 Å². The Morgan fingerprint density at radius 1 is 1.24 bits per heavy atom. The molecule has 1 saturated carbocycles. The third-order valence-electron chi connectivity index (χ3n) is 3.39. The first kappa shape index (κ1) is 13.9. The third-order valence-corrected chi connectivity index (χ3v) is 3.39. The monoisotopic (exact) mass is 290 g/mol. The molecule has 5 heteroatoms. The highest BCUT2D eigenvalue weighted by Crippen LogP contribution is 2.28. The zero-order valence-electron chi connectivity index (χ0n) is 11.7. The van der Waals surface area contributed by atoms with Crippen molar-refractivity contribution in [2.45, 2.75) is 32.4 Å². The van der Waals surface area contributed by atoms with Gasteiger partial charge in [-0.1, -0.05) is 0 Å². The van der Waals surface area contributed by atoms with Gasteiger partial charge in [0, 0.05) is 18.2 Å². The highest BCUT2D eigenvalue weighted by Gasteiger charge is 2.21. The van der Waals surface area contributed by atoms with Crippen LogP contribution in [0.4, 0.5) is 8.78 Å². The van der Waals surface area contributed by atoms with E-state index in [1.54, 1.807) is 13.0 Å². The lowest BCUT2D eigenvalue weighted by Crippen LogP contribution is -2.16. The minimum absolute atomic E-state index is 0.317. The Hall–Kier alpha value is -2.01. The number of benzene rings is 1. The summed E-state index contributed by atoms with van der Waals surface area (Å²) < 4.78 is 32.2. The average molecular weight is 290 g/mol. The van der Waals surface area contributed by atoms with Gasteiger partial charge in [-0.2, -0.15) is 0 Å². The van der Waals surface area contributed by atoms with Gasteiger partial charge in [0.2, 0.25) is 5.88 Å². The smallest absolute Gasteiger partial charge is 0.223 e. The van der Waals surface area contributed by atoms with Crippen molar-refractivity contribution in [3.8, 4) is 11.6 Å². The van der Waals surface area contributed by atoms with E-state index in [-0.39, 0.29) is 5.82 Å². The first-order valence-electron chi connectivity index (χ1n) is 6.93. The number of aryl methyl sites for hydroxylation is 1. The molecule has 110 valence electrons. The Kier molecular flexibility index (Phi) is 3.84. The van der Waals surface area contributed by atoms with E-state index in [0.717, 1.165) is 19.0 Å². The molecule has 1 heterocycles. The summed E-state index contributed by atoms with van der Waals surface area (Å²) in [7, 11) is 0. The number of halogens is 2. The maximum Gasteiger partial charge on any atom is 0.223 e. The summed E-state index contributed by atoms with van der Waals surface area (Å²) in [5, 5.41) is 3.30. The van der Waals surface area contributed by atoms with E-state index in [9.17, 15) is 8.78 Å². The second-order valence-corrected chi connectivity index (χ2v) is 5.28. The molecular formula is C16H16F2N2O. The Morgan fingerprint density at radius 2 is 2.05 bits per heavy atom. The van der Waals surface area contributed by atoms with Crippen LogP contribution in [0.15, 0.2) is 30.5 Å². The lowest BCUT2D eigenvalue weighted by molar-refractivity contribution is 0.443. The molecule has 0 radical (unpaired) electrons. The maximum absolute atomic E-state index is 13.4. The van der Waals surface area contributed by atoms with Crippen molar-refractivity contribution < 1.29 is 13.5 Å². The van der Waals surface area contributed by atoms with Crippen LogP contribution in [0.1, 0.15) is 24.0 Å². The maximum atomic E-state index is 13.4.